The van der Waals surface area contributed by atoms with Gasteiger partial charge in [-0.3, -0.25) is 4.79 Å². The highest BCUT2D eigenvalue weighted by molar-refractivity contribution is 5.71. The Morgan fingerprint density at radius 2 is 2.29 bits per heavy atom. The van der Waals surface area contributed by atoms with Gasteiger partial charge in [0.1, 0.15) is 0 Å². The molecule has 0 aromatic heterocycles. The van der Waals surface area contributed by atoms with Gasteiger partial charge in [0.15, 0.2) is 0 Å². The zero-order chi connectivity index (χ0) is 11.0. The number of unbranched alkanes of at least 4 members (excludes halogenated alkanes) is 1. The normalized spacial score (nSPS) is 12.6. The molecule has 0 radical (unpaired) electrons. The summed E-state index contributed by atoms with van der Waals surface area (Å²) in [7, 11) is 3.44. The summed E-state index contributed by atoms with van der Waals surface area (Å²) >= 11 is 0. The third-order valence-corrected chi connectivity index (χ3v) is 2.14. The molecule has 0 rings (SSSR count). The highest BCUT2D eigenvalue weighted by Crippen LogP contribution is 2.02. The van der Waals surface area contributed by atoms with Crippen molar-refractivity contribution in [1.29, 1.82) is 0 Å². The molecule has 0 spiro atoms. The van der Waals surface area contributed by atoms with Crippen LogP contribution in [0.15, 0.2) is 12.7 Å². The van der Waals surface area contributed by atoms with Gasteiger partial charge in [-0.25, -0.2) is 0 Å². The van der Waals surface area contributed by atoms with Crippen LogP contribution in [-0.2, 0) is 9.53 Å². The SMILES string of the molecule is C=CCCCN(C)CC(C)C(=O)OC. The fourth-order valence-corrected chi connectivity index (χ4v) is 1.34. The predicted octanol–water partition coefficient (Wildman–Crippen LogP) is 1.69. The second-order valence-electron chi connectivity index (χ2n) is 3.62. The van der Waals surface area contributed by atoms with Crippen molar-refractivity contribution in [2.45, 2.75) is 19.8 Å². The Labute approximate surface area is 86.7 Å². The highest BCUT2D eigenvalue weighted by atomic mass is 16.5. The van der Waals surface area contributed by atoms with Gasteiger partial charge in [-0.2, -0.15) is 0 Å². The van der Waals surface area contributed by atoms with Gasteiger partial charge in [0.25, 0.3) is 0 Å². The zero-order valence-corrected chi connectivity index (χ0v) is 9.45. The van der Waals surface area contributed by atoms with E-state index in [2.05, 4.69) is 16.2 Å². The first-order chi connectivity index (χ1) is 6.61. The van der Waals surface area contributed by atoms with Crippen LogP contribution in [0.1, 0.15) is 19.8 Å². The van der Waals surface area contributed by atoms with Crippen molar-refractivity contribution in [3.05, 3.63) is 12.7 Å². The molecule has 3 nitrogen and oxygen atoms in total. The summed E-state index contributed by atoms with van der Waals surface area (Å²) in [6.07, 6.45) is 4.03. The number of ether oxygens (including phenoxy) is 1. The van der Waals surface area contributed by atoms with E-state index in [9.17, 15) is 4.79 Å². The van der Waals surface area contributed by atoms with Crippen LogP contribution < -0.4 is 0 Å². The molecule has 0 saturated carbocycles. The summed E-state index contributed by atoms with van der Waals surface area (Å²) in [5.41, 5.74) is 0. The summed E-state index contributed by atoms with van der Waals surface area (Å²) in [6, 6.07) is 0. The van der Waals surface area contributed by atoms with Gasteiger partial charge in [0.2, 0.25) is 0 Å². The molecular weight excluding hydrogens is 178 g/mol. The van der Waals surface area contributed by atoms with Crippen LogP contribution in [0.5, 0.6) is 0 Å². The van der Waals surface area contributed by atoms with Crippen molar-refractivity contribution < 1.29 is 9.53 Å². The molecule has 0 fully saturated rings. The molecule has 0 N–H and O–H groups in total. The van der Waals surface area contributed by atoms with Crippen molar-refractivity contribution in [3.63, 3.8) is 0 Å². The first-order valence-corrected chi connectivity index (χ1v) is 4.99. The molecule has 82 valence electrons. The first kappa shape index (κ1) is 13.2. The highest BCUT2D eigenvalue weighted by Gasteiger charge is 2.14. The monoisotopic (exact) mass is 199 g/mol. The quantitative estimate of drug-likeness (QED) is 0.355. The van der Waals surface area contributed by atoms with E-state index in [1.807, 2.05) is 20.0 Å². The number of carbonyl (C=O) groups is 1. The third-order valence-electron chi connectivity index (χ3n) is 2.14. The van der Waals surface area contributed by atoms with Gasteiger partial charge < -0.3 is 9.64 Å². The standard InChI is InChI=1S/C11H21NO2/c1-5-6-7-8-12(3)9-10(2)11(13)14-4/h5,10H,1,6-9H2,2-4H3. The number of hydrogen-bond acceptors (Lipinski definition) is 3. The van der Waals surface area contributed by atoms with Crippen molar-refractivity contribution in [1.82, 2.24) is 4.90 Å². The summed E-state index contributed by atoms with van der Waals surface area (Å²) in [4.78, 5) is 13.3. The number of methoxy groups -OCH3 is 1. The Kier molecular flexibility index (Phi) is 7.11. The van der Waals surface area contributed by atoms with Gasteiger partial charge in [-0.15, -0.1) is 6.58 Å². The minimum atomic E-state index is -0.138. The van der Waals surface area contributed by atoms with Crippen LogP contribution >= 0.6 is 0 Å². The molecule has 1 atom stereocenters. The first-order valence-electron chi connectivity index (χ1n) is 4.99. The third kappa shape index (κ3) is 5.75. The molecule has 0 aliphatic rings. The average Bonchev–Trinajstić information content (AvgIpc) is 2.16. The second-order valence-corrected chi connectivity index (χ2v) is 3.62. The number of hydrogen-bond donors (Lipinski definition) is 0. The van der Waals surface area contributed by atoms with Gasteiger partial charge in [-0.1, -0.05) is 13.0 Å². The molecule has 0 aliphatic heterocycles. The van der Waals surface area contributed by atoms with Crippen LogP contribution in [0, 0.1) is 5.92 Å². The smallest absolute Gasteiger partial charge is 0.309 e. The average molecular weight is 199 g/mol. The van der Waals surface area contributed by atoms with Crippen LogP contribution in [-0.4, -0.2) is 38.1 Å². The van der Waals surface area contributed by atoms with Crippen LogP contribution in [0.3, 0.4) is 0 Å². The Morgan fingerprint density at radius 3 is 2.79 bits per heavy atom. The van der Waals surface area contributed by atoms with E-state index in [-0.39, 0.29) is 11.9 Å². The predicted molar refractivity (Wildman–Crippen MR) is 58.1 cm³/mol. The Hall–Kier alpha value is -0.830. The fourth-order valence-electron chi connectivity index (χ4n) is 1.34. The molecule has 0 aromatic rings. The molecule has 0 bridgehead atoms. The van der Waals surface area contributed by atoms with Crippen LogP contribution in [0.25, 0.3) is 0 Å². The molecule has 0 saturated heterocycles. The van der Waals surface area contributed by atoms with E-state index in [4.69, 9.17) is 0 Å². The van der Waals surface area contributed by atoms with E-state index >= 15 is 0 Å². The van der Waals surface area contributed by atoms with E-state index in [0.717, 1.165) is 25.9 Å². The number of rotatable bonds is 7. The largest absolute Gasteiger partial charge is 0.469 e. The molecule has 1 unspecified atom stereocenters. The fraction of sp³-hybridized carbons (Fsp3) is 0.727. The molecule has 14 heavy (non-hydrogen) atoms. The Bertz CT molecular complexity index is 180. The van der Waals surface area contributed by atoms with Gasteiger partial charge in [0, 0.05) is 6.54 Å². The maximum Gasteiger partial charge on any atom is 0.309 e. The van der Waals surface area contributed by atoms with Crippen molar-refractivity contribution in [2.24, 2.45) is 5.92 Å². The maximum absolute atomic E-state index is 11.1. The number of nitrogens with zero attached hydrogens (tertiary/aromatic N) is 1. The summed E-state index contributed by atoms with van der Waals surface area (Å²) in [5.74, 6) is -0.186. The minimum Gasteiger partial charge on any atom is -0.469 e. The van der Waals surface area contributed by atoms with Crippen LogP contribution in [0.4, 0.5) is 0 Å². The lowest BCUT2D eigenvalue weighted by molar-refractivity contribution is -0.145. The lowest BCUT2D eigenvalue weighted by Gasteiger charge is -2.19. The number of allylic oxidation sites excluding steroid dienone is 1. The van der Waals surface area contributed by atoms with Gasteiger partial charge in [0.05, 0.1) is 13.0 Å². The minimum absolute atomic E-state index is 0.0475. The molecule has 3 heteroatoms. The second kappa shape index (κ2) is 7.56. The molecule has 0 aromatic carbocycles. The molecular formula is C11H21NO2. The van der Waals surface area contributed by atoms with E-state index in [1.54, 1.807) is 0 Å². The maximum atomic E-state index is 11.1. The van der Waals surface area contributed by atoms with E-state index < -0.39 is 0 Å². The van der Waals surface area contributed by atoms with Gasteiger partial charge >= 0.3 is 5.97 Å². The Morgan fingerprint density at radius 1 is 1.64 bits per heavy atom. The van der Waals surface area contributed by atoms with Gasteiger partial charge in [-0.05, 0) is 26.4 Å². The Balaban J connectivity index is 3.64. The molecule has 0 aliphatic carbocycles. The van der Waals surface area contributed by atoms with E-state index in [0.29, 0.717) is 0 Å². The van der Waals surface area contributed by atoms with Crippen molar-refractivity contribution in [3.8, 4) is 0 Å². The summed E-state index contributed by atoms with van der Waals surface area (Å²) in [6.45, 7) is 7.30. The zero-order valence-electron chi connectivity index (χ0n) is 9.45. The lowest BCUT2D eigenvalue weighted by Crippen LogP contribution is -2.30. The summed E-state index contributed by atoms with van der Waals surface area (Å²) in [5, 5.41) is 0. The van der Waals surface area contributed by atoms with Crippen molar-refractivity contribution >= 4 is 5.97 Å². The van der Waals surface area contributed by atoms with Crippen LogP contribution in [0.2, 0.25) is 0 Å². The summed E-state index contributed by atoms with van der Waals surface area (Å²) < 4.78 is 4.66. The van der Waals surface area contributed by atoms with Crippen molar-refractivity contribution in [2.75, 3.05) is 27.2 Å². The topological polar surface area (TPSA) is 29.5 Å². The number of carbonyl (C=O) groups excluding carboxylic acids is 1. The number of esters is 1. The lowest BCUT2D eigenvalue weighted by atomic mass is 10.1. The molecule has 0 amide bonds. The molecule has 0 heterocycles. The van der Waals surface area contributed by atoms with E-state index in [1.165, 1.54) is 7.11 Å².